The lowest BCUT2D eigenvalue weighted by Crippen LogP contribution is -2.52. The average molecular weight is 566 g/mol. The molecule has 0 bridgehead atoms. The molecule has 39 heavy (non-hydrogen) atoms. The Labute approximate surface area is 233 Å². The first kappa shape index (κ1) is 34.0. The molecule has 0 aromatic heterocycles. The van der Waals surface area contributed by atoms with Crippen LogP contribution in [0, 0.1) is 11.8 Å². The Hall–Kier alpha value is -3.04. The van der Waals surface area contributed by atoms with Crippen LogP contribution in [0.25, 0.3) is 0 Å². The van der Waals surface area contributed by atoms with E-state index in [1.807, 2.05) is 58.0 Å². The molecular weight excluding hydrogens is 521 g/mol. The molecule has 0 radical (unpaired) electrons. The van der Waals surface area contributed by atoms with Gasteiger partial charge in [-0.1, -0.05) is 58.0 Å². The van der Waals surface area contributed by atoms with Crippen LogP contribution in [-0.4, -0.2) is 73.7 Å². The first-order valence-corrected chi connectivity index (χ1v) is 13.7. The van der Waals surface area contributed by atoms with E-state index >= 15 is 0 Å². The Morgan fingerprint density at radius 1 is 0.821 bits per heavy atom. The number of hydrogen-bond acceptors (Lipinski definition) is 6. The zero-order chi connectivity index (χ0) is 29.4. The zero-order valence-electron chi connectivity index (χ0n) is 23.6. The van der Waals surface area contributed by atoms with E-state index in [-0.39, 0.29) is 38.7 Å². The minimum Gasteiger partial charge on any atom is -0.361 e. The fourth-order valence-electron chi connectivity index (χ4n) is 3.63. The van der Waals surface area contributed by atoms with E-state index in [0.29, 0.717) is 24.9 Å². The molecule has 0 heterocycles. The van der Waals surface area contributed by atoms with Gasteiger partial charge in [-0.3, -0.25) is 24.0 Å². The van der Waals surface area contributed by atoms with Crippen molar-refractivity contribution in [2.24, 2.45) is 11.8 Å². The van der Waals surface area contributed by atoms with Crippen molar-refractivity contribution in [1.82, 2.24) is 26.6 Å². The predicted molar refractivity (Wildman–Crippen MR) is 152 cm³/mol. The molecule has 5 N–H and O–H groups in total. The molecule has 2 unspecified atom stereocenters. The molecule has 0 aliphatic heterocycles. The minimum atomic E-state index is -0.977. The van der Waals surface area contributed by atoms with Gasteiger partial charge in [-0.2, -0.15) is 0 Å². The van der Waals surface area contributed by atoms with Crippen molar-refractivity contribution in [1.29, 1.82) is 0 Å². The van der Waals surface area contributed by atoms with E-state index < -0.39 is 34.8 Å². The maximum Gasteiger partial charge on any atom is 0.243 e. The largest absolute Gasteiger partial charge is 0.361 e. The van der Waals surface area contributed by atoms with Crippen molar-refractivity contribution in [3.8, 4) is 0 Å². The van der Waals surface area contributed by atoms with Crippen molar-refractivity contribution in [3.63, 3.8) is 0 Å². The second kappa shape index (κ2) is 17.5. The summed E-state index contributed by atoms with van der Waals surface area (Å²) < 4.78 is 5.30. The van der Waals surface area contributed by atoms with Crippen molar-refractivity contribution in [3.05, 3.63) is 35.9 Å². The molecule has 12 heteroatoms. The third kappa shape index (κ3) is 15.2. The molecule has 5 amide bonds. The summed E-state index contributed by atoms with van der Waals surface area (Å²) in [5.41, 5.74) is 0.804. The van der Waals surface area contributed by atoms with Gasteiger partial charge in [-0.05, 0) is 30.7 Å². The highest BCUT2D eigenvalue weighted by molar-refractivity contribution is 7.21. The molecule has 3 atom stereocenters. The molecule has 1 aromatic rings. The van der Waals surface area contributed by atoms with E-state index in [9.17, 15) is 24.0 Å². The molecule has 0 saturated carbocycles. The summed E-state index contributed by atoms with van der Waals surface area (Å²) in [7, 11) is 2.52. The molecule has 1 rings (SSSR count). The van der Waals surface area contributed by atoms with Crippen molar-refractivity contribution < 1.29 is 28.7 Å². The van der Waals surface area contributed by atoms with Crippen LogP contribution in [0.2, 0.25) is 0 Å². The third-order valence-corrected chi connectivity index (χ3v) is 5.88. The maximum absolute atomic E-state index is 12.8. The summed E-state index contributed by atoms with van der Waals surface area (Å²) in [6.45, 7) is 9.34. The van der Waals surface area contributed by atoms with Gasteiger partial charge < -0.3 is 31.3 Å². The lowest BCUT2D eigenvalue weighted by atomic mass is 9.97. The summed E-state index contributed by atoms with van der Waals surface area (Å²) in [6.07, 6.45) is 0.816. The minimum absolute atomic E-state index is 0.0330. The van der Waals surface area contributed by atoms with Gasteiger partial charge in [-0.25, -0.2) is 0 Å². The SMILES string of the molecule is CC(C)COCNC(=O)CNC(=O)[C@H](Cc1ccccc1)NC(=O)CNC(=O)CNC(=O)C(C)(P)CC(C)C. The maximum atomic E-state index is 12.8. The number of amides is 5. The zero-order valence-corrected chi connectivity index (χ0v) is 24.8. The van der Waals surface area contributed by atoms with Crippen LogP contribution in [0.3, 0.4) is 0 Å². The fourth-order valence-corrected chi connectivity index (χ4v) is 4.20. The molecule has 0 saturated heterocycles. The molecule has 0 aliphatic carbocycles. The van der Waals surface area contributed by atoms with E-state index in [0.717, 1.165) is 5.56 Å². The smallest absolute Gasteiger partial charge is 0.243 e. The van der Waals surface area contributed by atoms with Crippen LogP contribution in [0.1, 0.15) is 46.6 Å². The van der Waals surface area contributed by atoms with Crippen LogP contribution < -0.4 is 26.6 Å². The topological polar surface area (TPSA) is 155 Å². The van der Waals surface area contributed by atoms with Gasteiger partial charge >= 0.3 is 0 Å². The van der Waals surface area contributed by atoms with Crippen molar-refractivity contribution >= 4 is 38.8 Å². The van der Waals surface area contributed by atoms with E-state index in [1.54, 1.807) is 6.92 Å². The summed E-state index contributed by atoms with van der Waals surface area (Å²) >= 11 is 0. The fraction of sp³-hybridized carbons (Fsp3) is 0.593. The normalized spacial score (nSPS) is 13.2. The number of benzene rings is 1. The van der Waals surface area contributed by atoms with Gasteiger partial charge in [0.15, 0.2) is 0 Å². The highest BCUT2D eigenvalue weighted by Crippen LogP contribution is 2.26. The van der Waals surface area contributed by atoms with Crippen LogP contribution in [0.5, 0.6) is 0 Å². The highest BCUT2D eigenvalue weighted by atomic mass is 31.0. The number of rotatable bonds is 17. The van der Waals surface area contributed by atoms with E-state index in [2.05, 4.69) is 35.8 Å². The van der Waals surface area contributed by atoms with Gasteiger partial charge in [0.2, 0.25) is 29.5 Å². The van der Waals surface area contributed by atoms with Gasteiger partial charge in [0.25, 0.3) is 0 Å². The third-order valence-electron chi connectivity index (χ3n) is 5.39. The molecule has 0 spiro atoms. The molecular formula is C27H44N5O6P. The first-order chi connectivity index (χ1) is 18.3. The van der Waals surface area contributed by atoms with E-state index in [4.69, 9.17) is 4.74 Å². The summed E-state index contributed by atoms with van der Waals surface area (Å²) in [5.74, 6) is -1.76. The molecule has 0 aliphatic rings. The quantitative estimate of drug-likeness (QED) is 0.105. The predicted octanol–water partition coefficient (Wildman–Crippen LogP) is 0.489. The van der Waals surface area contributed by atoms with Gasteiger partial charge in [-0.15, -0.1) is 9.24 Å². The highest BCUT2D eigenvalue weighted by Gasteiger charge is 2.29. The number of carbonyl (C=O) groups is 5. The van der Waals surface area contributed by atoms with Crippen LogP contribution in [0.4, 0.5) is 0 Å². The van der Waals surface area contributed by atoms with Crippen LogP contribution in [0.15, 0.2) is 30.3 Å². The first-order valence-electron chi connectivity index (χ1n) is 13.1. The Morgan fingerprint density at radius 2 is 1.41 bits per heavy atom. The standard InChI is InChI=1S/C27H44N5O6P/c1-18(2)12-27(5,39)26(37)30-14-22(33)28-15-24(35)32-21(11-20-9-7-6-8-10-20)25(36)29-13-23(34)31-17-38-16-19(3)4/h6-10,18-19,21H,11-17,39H2,1-5H3,(H,28,33)(H,29,36)(H,30,37)(H,31,34)(H,32,35)/t21-,27?/m0/s1. The monoisotopic (exact) mass is 565 g/mol. The van der Waals surface area contributed by atoms with Crippen LogP contribution >= 0.6 is 9.24 Å². The number of nitrogens with one attached hydrogen (secondary N) is 5. The Balaban J connectivity index is 2.59. The lowest BCUT2D eigenvalue weighted by Gasteiger charge is -2.25. The second-order valence-electron chi connectivity index (χ2n) is 10.5. The average Bonchev–Trinajstić information content (AvgIpc) is 2.86. The second-order valence-corrected chi connectivity index (χ2v) is 11.8. The van der Waals surface area contributed by atoms with Crippen LogP contribution in [-0.2, 0) is 35.1 Å². The van der Waals surface area contributed by atoms with Gasteiger partial charge in [0, 0.05) is 6.42 Å². The number of hydrogen-bond donors (Lipinski definition) is 5. The van der Waals surface area contributed by atoms with E-state index in [1.165, 1.54) is 0 Å². The van der Waals surface area contributed by atoms with Crippen molar-refractivity contribution in [2.45, 2.75) is 58.7 Å². The molecule has 1 aromatic carbocycles. The summed E-state index contributed by atoms with van der Waals surface area (Å²) in [5, 5.41) is 12.0. The number of carbonyl (C=O) groups excluding carboxylic acids is 5. The Kier molecular flexibility index (Phi) is 15.3. The molecule has 218 valence electrons. The van der Waals surface area contributed by atoms with Crippen molar-refractivity contribution in [2.75, 3.05) is 33.0 Å². The molecule has 11 nitrogen and oxygen atoms in total. The Bertz CT molecular complexity index is 955. The van der Waals surface area contributed by atoms with Gasteiger partial charge in [0.05, 0.1) is 31.4 Å². The lowest BCUT2D eigenvalue weighted by molar-refractivity contribution is -0.131. The summed E-state index contributed by atoms with van der Waals surface area (Å²) in [6, 6.07) is 8.11. The number of ether oxygens (including phenoxy) is 1. The summed E-state index contributed by atoms with van der Waals surface area (Å²) in [4.78, 5) is 62.0. The molecule has 0 fully saturated rings. The van der Waals surface area contributed by atoms with Gasteiger partial charge in [0.1, 0.15) is 12.8 Å². The Morgan fingerprint density at radius 3 is 2.03 bits per heavy atom.